The van der Waals surface area contributed by atoms with Crippen LogP contribution in [0.5, 0.6) is 0 Å². The average Bonchev–Trinajstić information content (AvgIpc) is 2.98. The van der Waals surface area contributed by atoms with Crippen molar-refractivity contribution in [1.29, 1.82) is 0 Å². The zero-order chi connectivity index (χ0) is 9.86. The van der Waals surface area contributed by atoms with E-state index in [-0.39, 0.29) is 6.61 Å². The van der Waals surface area contributed by atoms with E-state index >= 15 is 0 Å². The van der Waals surface area contributed by atoms with E-state index in [9.17, 15) is 0 Å². The predicted molar refractivity (Wildman–Crippen MR) is 53.9 cm³/mol. The third-order valence-corrected chi connectivity index (χ3v) is 2.81. The minimum Gasteiger partial charge on any atom is -0.396 e. The van der Waals surface area contributed by atoms with E-state index in [1.165, 1.54) is 12.8 Å². The van der Waals surface area contributed by atoms with Gasteiger partial charge in [0, 0.05) is 25.5 Å². The van der Waals surface area contributed by atoms with Gasteiger partial charge in [-0.2, -0.15) is 0 Å². The van der Waals surface area contributed by atoms with Crippen molar-refractivity contribution in [3.63, 3.8) is 0 Å². The highest BCUT2D eigenvalue weighted by molar-refractivity contribution is 5.30. The van der Waals surface area contributed by atoms with Gasteiger partial charge in [0.15, 0.2) is 0 Å². The maximum atomic E-state index is 8.88. The van der Waals surface area contributed by atoms with Gasteiger partial charge in [0.2, 0.25) is 0 Å². The Hall–Kier alpha value is -1.16. The van der Waals surface area contributed by atoms with Crippen molar-refractivity contribution in [1.82, 2.24) is 9.97 Å². The molecule has 2 rings (SSSR count). The number of anilines is 1. The Morgan fingerprint density at radius 3 is 2.86 bits per heavy atom. The highest BCUT2D eigenvalue weighted by atomic mass is 16.3. The van der Waals surface area contributed by atoms with Gasteiger partial charge >= 0.3 is 0 Å². The van der Waals surface area contributed by atoms with Crippen molar-refractivity contribution < 1.29 is 5.11 Å². The van der Waals surface area contributed by atoms with Crippen LogP contribution < -0.4 is 5.32 Å². The second-order valence-corrected chi connectivity index (χ2v) is 3.92. The average molecular weight is 193 g/mol. The molecule has 0 aliphatic heterocycles. The lowest BCUT2D eigenvalue weighted by Gasteiger charge is -2.14. The van der Waals surface area contributed by atoms with Crippen LogP contribution in [0, 0.1) is 5.41 Å². The first kappa shape index (κ1) is 9.40. The van der Waals surface area contributed by atoms with E-state index in [1.54, 1.807) is 18.6 Å². The summed E-state index contributed by atoms with van der Waals surface area (Å²) in [5.41, 5.74) is 0.326. The van der Waals surface area contributed by atoms with Gasteiger partial charge in [0.25, 0.3) is 0 Å². The highest BCUT2D eigenvalue weighted by Gasteiger charge is 2.41. The van der Waals surface area contributed by atoms with E-state index in [2.05, 4.69) is 15.3 Å². The fourth-order valence-corrected chi connectivity index (χ4v) is 1.60. The van der Waals surface area contributed by atoms with E-state index < -0.39 is 0 Å². The van der Waals surface area contributed by atoms with Gasteiger partial charge in [-0.1, -0.05) is 0 Å². The van der Waals surface area contributed by atoms with Crippen LogP contribution >= 0.6 is 0 Å². The topological polar surface area (TPSA) is 58.0 Å². The van der Waals surface area contributed by atoms with Crippen LogP contribution in [0.2, 0.25) is 0 Å². The molecule has 14 heavy (non-hydrogen) atoms. The Labute approximate surface area is 83.4 Å². The van der Waals surface area contributed by atoms with E-state index in [0.29, 0.717) is 5.41 Å². The second-order valence-electron chi connectivity index (χ2n) is 3.92. The molecule has 76 valence electrons. The summed E-state index contributed by atoms with van der Waals surface area (Å²) in [5, 5.41) is 12.1. The molecule has 0 radical (unpaired) electrons. The normalized spacial score (nSPS) is 17.8. The van der Waals surface area contributed by atoms with Gasteiger partial charge in [0.05, 0.1) is 6.20 Å². The SMILES string of the molecule is OCCC1(CNc2cnccn2)CC1. The number of aromatic nitrogens is 2. The van der Waals surface area contributed by atoms with Crippen LogP contribution in [0.3, 0.4) is 0 Å². The summed E-state index contributed by atoms with van der Waals surface area (Å²) in [6, 6.07) is 0. The summed E-state index contributed by atoms with van der Waals surface area (Å²) < 4.78 is 0. The molecule has 1 aliphatic carbocycles. The maximum Gasteiger partial charge on any atom is 0.144 e. The van der Waals surface area contributed by atoms with Gasteiger partial charge in [-0.3, -0.25) is 4.98 Å². The molecule has 0 unspecified atom stereocenters. The largest absolute Gasteiger partial charge is 0.396 e. The molecule has 2 N–H and O–H groups in total. The molecule has 0 amide bonds. The number of hydrogen-bond donors (Lipinski definition) is 2. The zero-order valence-electron chi connectivity index (χ0n) is 8.11. The minimum absolute atomic E-state index is 0.280. The third-order valence-electron chi connectivity index (χ3n) is 2.81. The Morgan fingerprint density at radius 1 is 1.43 bits per heavy atom. The molecule has 0 spiro atoms. The monoisotopic (exact) mass is 193 g/mol. The molecule has 0 atom stereocenters. The summed E-state index contributed by atoms with van der Waals surface area (Å²) in [4.78, 5) is 8.11. The molecule has 4 nitrogen and oxygen atoms in total. The number of nitrogens with one attached hydrogen (secondary N) is 1. The third kappa shape index (κ3) is 2.20. The Kier molecular flexibility index (Phi) is 2.63. The van der Waals surface area contributed by atoms with Gasteiger partial charge in [-0.15, -0.1) is 0 Å². The minimum atomic E-state index is 0.280. The number of nitrogens with zero attached hydrogens (tertiary/aromatic N) is 2. The van der Waals surface area contributed by atoms with Crippen molar-refractivity contribution >= 4 is 5.82 Å². The van der Waals surface area contributed by atoms with Crippen LogP contribution in [0.4, 0.5) is 5.82 Å². The lowest BCUT2D eigenvalue weighted by molar-refractivity contribution is 0.253. The lowest BCUT2D eigenvalue weighted by atomic mass is 10.0. The Morgan fingerprint density at radius 2 is 2.29 bits per heavy atom. The van der Waals surface area contributed by atoms with Crippen LogP contribution in [-0.2, 0) is 0 Å². The molecular weight excluding hydrogens is 178 g/mol. The van der Waals surface area contributed by atoms with Crippen molar-refractivity contribution in [2.24, 2.45) is 5.41 Å². The van der Waals surface area contributed by atoms with Crippen molar-refractivity contribution in [2.75, 3.05) is 18.5 Å². The van der Waals surface area contributed by atoms with Crippen LogP contribution in [0.15, 0.2) is 18.6 Å². The number of hydrogen-bond acceptors (Lipinski definition) is 4. The molecule has 1 aliphatic rings. The lowest BCUT2D eigenvalue weighted by Crippen LogP contribution is -2.17. The molecule has 0 saturated heterocycles. The van der Waals surface area contributed by atoms with Gasteiger partial charge in [-0.05, 0) is 24.7 Å². The summed E-state index contributed by atoms with van der Waals surface area (Å²) >= 11 is 0. The summed E-state index contributed by atoms with van der Waals surface area (Å²) in [7, 11) is 0. The van der Waals surface area contributed by atoms with Crippen molar-refractivity contribution in [3.8, 4) is 0 Å². The first-order valence-corrected chi connectivity index (χ1v) is 4.95. The smallest absolute Gasteiger partial charge is 0.144 e. The molecule has 1 aromatic heterocycles. The molecule has 1 heterocycles. The number of rotatable bonds is 5. The fourth-order valence-electron chi connectivity index (χ4n) is 1.60. The van der Waals surface area contributed by atoms with E-state index in [0.717, 1.165) is 18.8 Å². The number of aliphatic hydroxyl groups excluding tert-OH is 1. The first-order chi connectivity index (χ1) is 6.85. The van der Waals surface area contributed by atoms with Gasteiger partial charge in [-0.25, -0.2) is 4.98 Å². The first-order valence-electron chi connectivity index (χ1n) is 4.95. The van der Waals surface area contributed by atoms with E-state index in [4.69, 9.17) is 5.11 Å². The quantitative estimate of drug-likeness (QED) is 0.734. The molecule has 0 aromatic carbocycles. The standard InChI is InChI=1S/C10H15N3O/c14-6-3-10(1-2-10)8-13-9-7-11-4-5-12-9/h4-5,7,14H,1-3,6,8H2,(H,12,13). The molecule has 1 saturated carbocycles. The molecular formula is C10H15N3O. The van der Waals surface area contributed by atoms with Gasteiger partial charge in [0.1, 0.15) is 5.82 Å². The second kappa shape index (κ2) is 3.92. The Bertz CT molecular complexity index is 285. The number of aliphatic hydroxyl groups is 1. The van der Waals surface area contributed by atoms with Crippen molar-refractivity contribution in [2.45, 2.75) is 19.3 Å². The van der Waals surface area contributed by atoms with Gasteiger partial charge < -0.3 is 10.4 Å². The fraction of sp³-hybridized carbons (Fsp3) is 0.600. The molecule has 0 bridgehead atoms. The zero-order valence-corrected chi connectivity index (χ0v) is 8.11. The molecule has 1 aromatic rings. The summed E-state index contributed by atoms with van der Waals surface area (Å²) in [6.07, 6.45) is 8.36. The van der Waals surface area contributed by atoms with Crippen LogP contribution in [0.1, 0.15) is 19.3 Å². The Balaban J connectivity index is 1.83. The van der Waals surface area contributed by atoms with Crippen LogP contribution in [0.25, 0.3) is 0 Å². The van der Waals surface area contributed by atoms with Crippen molar-refractivity contribution in [3.05, 3.63) is 18.6 Å². The maximum absolute atomic E-state index is 8.88. The summed E-state index contributed by atoms with van der Waals surface area (Å²) in [6.45, 7) is 1.18. The summed E-state index contributed by atoms with van der Waals surface area (Å²) in [5.74, 6) is 0.816. The van der Waals surface area contributed by atoms with E-state index in [1.807, 2.05) is 0 Å². The molecule has 4 heteroatoms. The molecule has 1 fully saturated rings. The predicted octanol–water partition coefficient (Wildman–Crippen LogP) is 1.05. The highest BCUT2D eigenvalue weighted by Crippen LogP contribution is 2.48. The van der Waals surface area contributed by atoms with Crippen LogP contribution in [-0.4, -0.2) is 28.2 Å².